The summed E-state index contributed by atoms with van der Waals surface area (Å²) in [5.41, 5.74) is 6.37. The molecule has 2 nitrogen and oxygen atoms in total. The van der Waals surface area contributed by atoms with Crippen LogP contribution in [0.4, 0.5) is 0 Å². The Bertz CT molecular complexity index is 326. The zero-order valence-corrected chi connectivity index (χ0v) is 10.9. The summed E-state index contributed by atoms with van der Waals surface area (Å²) < 4.78 is 0. The van der Waals surface area contributed by atoms with Crippen molar-refractivity contribution in [1.82, 2.24) is 5.32 Å². The fourth-order valence-corrected chi connectivity index (χ4v) is 3.33. The second kappa shape index (κ2) is 5.30. The maximum atomic E-state index is 6.30. The molecule has 3 N–H and O–H groups in total. The first-order chi connectivity index (χ1) is 7.72. The zero-order chi connectivity index (χ0) is 11.4. The monoisotopic (exact) mass is 238 g/mol. The molecule has 3 heteroatoms. The van der Waals surface area contributed by atoms with E-state index in [4.69, 9.17) is 5.73 Å². The van der Waals surface area contributed by atoms with Crippen molar-refractivity contribution >= 4 is 11.3 Å². The van der Waals surface area contributed by atoms with Gasteiger partial charge in [0, 0.05) is 28.4 Å². The quantitative estimate of drug-likeness (QED) is 0.827. The van der Waals surface area contributed by atoms with Gasteiger partial charge >= 0.3 is 0 Å². The van der Waals surface area contributed by atoms with Gasteiger partial charge in [0.15, 0.2) is 0 Å². The van der Waals surface area contributed by atoms with Gasteiger partial charge in [-0.2, -0.15) is 0 Å². The summed E-state index contributed by atoms with van der Waals surface area (Å²) in [4.78, 5) is 2.90. The molecule has 2 rings (SSSR count). The first-order valence-corrected chi connectivity index (χ1v) is 7.11. The van der Waals surface area contributed by atoms with Crippen molar-refractivity contribution in [3.8, 4) is 0 Å². The van der Waals surface area contributed by atoms with Crippen molar-refractivity contribution in [2.24, 2.45) is 5.73 Å². The van der Waals surface area contributed by atoms with Gasteiger partial charge in [0.2, 0.25) is 0 Å². The molecule has 1 aliphatic rings. The Morgan fingerprint density at radius 1 is 1.31 bits per heavy atom. The van der Waals surface area contributed by atoms with Gasteiger partial charge in [-0.25, -0.2) is 0 Å². The molecule has 0 amide bonds. The van der Waals surface area contributed by atoms with Gasteiger partial charge in [-0.05, 0) is 31.4 Å². The molecule has 1 aromatic heterocycles. The first kappa shape index (κ1) is 12.1. The highest BCUT2D eigenvalue weighted by atomic mass is 32.1. The molecule has 0 aliphatic heterocycles. The second-order valence-electron chi connectivity index (χ2n) is 4.89. The van der Waals surface area contributed by atoms with E-state index in [1.165, 1.54) is 35.4 Å². The van der Waals surface area contributed by atoms with Gasteiger partial charge in [-0.15, -0.1) is 11.3 Å². The second-order valence-corrected chi connectivity index (χ2v) is 6.15. The lowest BCUT2D eigenvalue weighted by Crippen LogP contribution is -2.46. The molecule has 1 fully saturated rings. The standard InChI is InChI=1S/C13H22N2S/c1-2-11-5-6-12(16-11)9-15-10-13(14)7-3-4-8-13/h5-6,15H,2-4,7-10,14H2,1H3. The lowest BCUT2D eigenvalue weighted by atomic mass is 9.99. The van der Waals surface area contributed by atoms with E-state index in [9.17, 15) is 0 Å². The van der Waals surface area contributed by atoms with E-state index < -0.39 is 0 Å². The zero-order valence-electron chi connectivity index (χ0n) is 10.1. The van der Waals surface area contributed by atoms with Crippen LogP contribution in [-0.2, 0) is 13.0 Å². The summed E-state index contributed by atoms with van der Waals surface area (Å²) in [6.07, 6.45) is 6.12. The Morgan fingerprint density at radius 3 is 2.62 bits per heavy atom. The van der Waals surface area contributed by atoms with Crippen molar-refractivity contribution in [3.05, 3.63) is 21.9 Å². The van der Waals surface area contributed by atoms with Crippen molar-refractivity contribution in [1.29, 1.82) is 0 Å². The van der Waals surface area contributed by atoms with Crippen LogP contribution in [0.25, 0.3) is 0 Å². The normalized spacial score (nSPS) is 19.1. The van der Waals surface area contributed by atoms with Gasteiger partial charge in [-0.1, -0.05) is 19.8 Å². The molecule has 0 saturated heterocycles. The maximum Gasteiger partial charge on any atom is 0.0300 e. The summed E-state index contributed by atoms with van der Waals surface area (Å²) in [6, 6.07) is 4.46. The number of hydrogen-bond acceptors (Lipinski definition) is 3. The molecule has 0 bridgehead atoms. The van der Waals surface area contributed by atoms with Crippen LogP contribution in [0.15, 0.2) is 12.1 Å². The molecule has 0 spiro atoms. The molecular formula is C13H22N2S. The Balaban J connectivity index is 1.75. The minimum atomic E-state index is 0.0743. The third kappa shape index (κ3) is 3.06. The molecule has 1 heterocycles. The van der Waals surface area contributed by atoms with Crippen LogP contribution < -0.4 is 11.1 Å². The first-order valence-electron chi connectivity index (χ1n) is 6.29. The van der Waals surface area contributed by atoms with Crippen LogP contribution in [-0.4, -0.2) is 12.1 Å². The van der Waals surface area contributed by atoms with E-state index in [1.807, 2.05) is 11.3 Å². The average molecular weight is 238 g/mol. The van der Waals surface area contributed by atoms with Crippen molar-refractivity contribution < 1.29 is 0 Å². The molecule has 0 radical (unpaired) electrons. The molecule has 0 aromatic carbocycles. The number of rotatable bonds is 5. The van der Waals surface area contributed by atoms with E-state index in [2.05, 4.69) is 24.4 Å². The van der Waals surface area contributed by atoms with E-state index in [-0.39, 0.29) is 5.54 Å². The lowest BCUT2D eigenvalue weighted by Gasteiger charge is -2.23. The highest BCUT2D eigenvalue weighted by molar-refractivity contribution is 7.11. The van der Waals surface area contributed by atoms with Gasteiger partial charge in [0.05, 0.1) is 0 Å². The maximum absolute atomic E-state index is 6.30. The van der Waals surface area contributed by atoms with Gasteiger partial charge in [-0.3, -0.25) is 0 Å². The molecule has 90 valence electrons. The summed E-state index contributed by atoms with van der Waals surface area (Å²) in [6.45, 7) is 4.15. The van der Waals surface area contributed by atoms with E-state index in [0.29, 0.717) is 0 Å². The predicted molar refractivity (Wildman–Crippen MR) is 70.8 cm³/mol. The number of hydrogen-bond donors (Lipinski definition) is 2. The Kier molecular flexibility index (Phi) is 4.00. The van der Waals surface area contributed by atoms with Crippen LogP contribution in [0.1, 0.15) is 42.4 Å². The highest BCUT2D eigenvalue weighted by Gasteiger charge is 2.28. The van der Waals surface area contributed by atoms with Crippen LogP contribution >= 0.6 is 11.3 Å². The van der Waals surface area contributed by atoms with Gasteiger partial charge in [0.25, 0.3) is 0 Å². The summed E-state index contributed by atoms with van der Waals surface area (Å²) in [5.74, 6) is 0. The summed E-state index contributed by atoms with van der Waals surface area (Å²) >= 11 is 1.91. The summed E-state index contributed by atoms with van der Waals surface area (Å²) in [5, 5.41) is 3.51. The number of nitrogens with two attached hydrogens (primary N) is 1. The molecule has 0 atom stereocenters. The molecule has 16 heavy (non-hydrogen) atoms. The average Bonchev–Trinajstić information content (AvgIpc) is 2.88. The van der Waals surface area contributed by atoms with E-state index in [1.54, 1.807) is 0 Å². The van der Waals surface area contributed by atoms with E-state index in [0.717, 1.165) is 19.5 Å². The predicted octanol–water partition coefficient (Wildman–Crippen LogP) is 2.67. The summed E-state index contributed by atoms with van der Waals surface area (Å²) in [7, 11) is 0. The van der Waals surface area contributed by atoms with Gasteiger partial charge in [0.1, 0.15) is 0 Å². The minimum absolute atomic E-state index is 0.0743. The largest absolute Gasteiger partial charge is 0.324 e. The lowest BCUT2D eigenvalue weighted by molar-refractivity contribution is 0.405. The van der Waals surface area contributed by atoms with Gasteiger partial charge < -0.3 is 11.1 Å². The third-order valence-electron chi connectivity index (χ3n) is 3.44. The molecule has 1 saturated carbocycles. The van der Waals surface area contributed by atoms with Crippen molar-refractivity contribution in [2.75, 3.05) is 6.54 Å². The van der Waals surface area contributed by atoms with Crippen molar-refractivity contribution in [3.63, 3.8) is 0 Å². The Hall–Kier alpha value is -0.380. The number of aryl methyl sites for hydroxylation is 1. The fourth-order valence-electron chi connectivity index (χ4n) is 2.40. The minimum Gasteiger partial charge on any atom is -0.324 e. The molecule has 1 aromatic rings. The number of nitrogens with one attached hydrogen (secondary N) is 1. The number of thiophene rings is 1. The topological polar surface area (TPSA) is 38.0 Å². The molecule has 0 unspecified atom stereocenters. The third-order valence-corrected chi connectivity index (χ3v) is 4.67. The Morgan fingerprint density at radius 2 is 2.00 bits per heavy atom. The van der Waals surface area contributed by atoms with Crippen LogP contribution in [0.5, 0.6) is 0 Å². The van der Waals surface area contributed by atoms with Crippen LogP contribution in [0.3, 0.4) is 0 Å². The molecular weight excluding hydrogens is 216 g/mol. The van der Waals surface area contributed by atoms with E-state index >= 15 is 0 Å². The van der Waals surface area contributed by atoms with Crippen LogP contribution in [0.2, 0.25) is 0 Å². The van der Waals surface area contributed by atoms with Crippen LogP contribution in [0, 0.1) is 0 Å². The van der Waals surface area contributed by atoms with Crippen molar-refractivity contribution in [2.45, 2.75) is 51.1 Å². The molecule has 1 aliphatic carbocycles. The SMILES string of the molecule is CCc1ccc(CNCC2(N)CCCC2)s1. The highest BCUT2D eigenvalue weighted by Crippen LogP contribution is 2.26. The smallest absolute Gasteiger partial charge is 0.0300 e. The Labute approximate surface area is 102 Å². The fraction of sp³-hybridized carbons (Fsp3) is 0.692.